The molecule has 0 N–H and O–H groups in total. The van der Waals surface area contributed by atoms with Crippen LogP contribution < -0.4 is 5.56 Å². The van der Waals surface area contributed by atoms with E-state index in [0.717, 1.165) is 23.3 Å². The Kier molecular flexibility index (Phi) is 3.98. The molecule has 2 aromatic heterocycles. The molecule has 5 heteroatoms. The number of benzene rings is 3. The van der Waals surface area contributed by atoms with Gasteiger partial charge in [-0.2, -0.15) is 0 Å². The third-order valence-electron chi connectivity index (χ3n) is 5.01. The maximum absolute atomic E-state index is 13.2. The predicted molar refractivity (Wildman–Crippen MR) is 110 cm³/mol. The van der Waals surface area contributed by atoms with Crippen molar-refractivity contribution in [3.63, 3.8) is 0 Å². The zero-order valence-corrected chi connectivity index (χ0v) is 15.2. The minimum atomic E-state index is -0.0361. The summed E-state index contributed by atoms with van der Waals surface area (Å²) in [4.78, 5) is 13.2. The van der Waals surface area contributed by atoms with Crippen LogP contribution in [0, 0.1) is 0 Å². The summed E-state index contributed by atoms with van der Waals surface area (Å²) >= 11 is 0. The van der Waals surface area contributed by atoms with E-state index in [1.54, 1.807) is 4.57 Å². The minimum absolute atomic E-state index is 0.0361. The van der Waals surface area contributed by atoms with Crippen LogP contribution in [-0.4, -0.2) is 19.2 Å². The Labute approximate surface area is 161 Å². The van der Waals surface area contributed by atoms with E-state index in [1.165, 1.54) is 5.56 Å². The van der Waals surface area contributed by atoms with Crippen LogP contribution in [0.5, 0.6) is 0 Å². The molecule has 5 rings (SSSR count). The second-order valence-electron chi connectivity index (χ2n) is 6.73. The van der Waals surface area contributed by atoms with E-state index >= 15 is 0 Å². The largest absolute Gasteiger partial charge is 0.276 e. The van der Waals surface area contributed by atoms with Crippen LogP contribution in [-0.2, 0) is 13.0 Å². The predicted octanol–water partition coefficient (Wildman–Crippen LogP) is 3.95. The molecule has 0 bridgehead atoms. The van der Waals surface area contributed by atoms with Gasteiger partial charge in [0.15, 0.2) is 5.82 Å². The number of hydrogen-bond acceptors (Lipinski definition) is 3. The average molecular weight is 366 g/mol. The molecule has 0 unspecified atom stereocenters. The molecule has 0 aliphatic heterocycles. The van der Waals surface area contributed by atoms with Crippen LogP contribution in [0.25, 0.3) is 28.1 Å². The summed E-state index contributed by atoms with van der Waals surface area (Å²) < 4.78 is 3.71. The standard InChI is InChI=1S/C23H18N4O/c28-22-19-13-7-8-14-20(19)27-21(18-11-5-2-6-12-18)24-25-23(27)26(22)16-15-17-9-3-1-4-10-17/h1-14H,15-16H2. The number of para-hydroxylation sites is 1. The van der Waals surface area contributed by atoms with Crippen molar-refractivity contribution in [1.29, 1.82) is 0 Å². The molecule has 0 aliphatic rings. The number of rotatable bonds is 4. The van der Waals surface area contributed by atoms with Gasteiger partial charge >= 0.3 is 0 Å². The summed E-state index contributed by atoms with van der Waals surface area (Å²) in [6.07, 6.45) is 0.752. The van der Waals surface area contributed by atoms with Crippen molar-refractivity contribution in [3.05, 3.63) is 101 Å². The number of nitrogens with zero attached hydrogens (tertiary/aromatic N) is 4. The minimum Gasteiger partial charge on any atom is -0.276 e. The molecule has 0 amide bonds. The Hall–Kier alpha value is -3.73. The van der Waals surface area contributed by atoms with Crippen molar-refractivity contribution in [2.45, 2.75) is 13.0 Å². The van der Waals surface area contributed by atoms with Gasteiger partial charge in [0.1, 0.15) is 0 Å². The van der Waals surface area contributed by atoms with Crippen molar-refractivity contribution in [1.82, 2.24) is 19.2 Å². The molecular weight excluding hydrogens is 348 g/mol. The molecule has 136 valence electrons. The van der Waals surface area contributed by atoms with Crippen molar-refractivity contribution in [2.24, 2.45) is 0 Å². The van der Waals surface area contributed by atoms with Gasteiger partial charge in [0, 0.05) is 12.1 Å². The Balaban J connectivity index is 1.74. The van der Waals surface area contributed by atoms with E-state index in [9.17, 15) is 4.79 Å². The van der Waals surface area contributed by atoms with Gasteiger partial charge in [-0.15, -0.1) is 10.2 Å². The van der Waals surface area contributed by atoms with Crippen LogP contribution in [0.3, 0.4) is 0 Å². The van der Waals surface area contributed by atoms with Gasteiger partial charge in [0.25, 0.3) is 5.56 Å². The Morgan fingerprint density at radius 2 is 1.43 bits per heavy atom. The normalized spacial score (nSPS) is 11.3. The maximum Gasteiger partial charge on any atom is 0.262 e. The molecule has 0 spiro atoms. The monoisotopic (exact) mass is 366 g/mol. The first kappa shape index (κ1) is 16.4. The molecule has 0 radical (unpaired) electrons. The number of fused-ring (bicyclic) bond motifs is 3. The topological polar surface area (TPSA) is 52.2 Å². The Morgan fingerprint density at radius 3 is 2.21 bits per heavy atom. The summed E-state index contributed by atoms with van der Waals surface area (Å²) in [6.45, 7) is 0.546. The highest BCUT2D eigenvalue weighted by Crippen LogP contribution is 2.22. The van der Waals surface area contributed by atoms with Crippen LogP contribution in [0.4, 0.5) is 0 Å². The first-order chi connectivity index (χ1) is 13.8. The molecule has 0 saturated carbocycles. The first-order valence-electron chi connectivity index (χ1n) is 9.29. The fourth-order valence-electron chi connectivity index (χ4n) is 3.62. The van der Waals surface area contributed by atoms with E-state index in [1.807, 2.05) is 77.2 Å². The molecule has 0 saturated heterocycles. The lowest BCUT2D eigenvalue weighted by molar-refractivity contribution is 0.678. The van der Waals surface area contributed by atoms with Crippen LogP contribution in [0.15, 0.2) is 89.7 Å². The third kappa shape index (κ3) is 2.68. The first-order valence-corrected chi connectivity index (χ1v) is 9.29. The highest BCUT2D eigenvalue weighted by molar-refractivity contribution is 5.82. The SMILES string of the molecule is O=c1c2ccccc2n2c(-c3ccccc3)nnc2n1CCc1ccccc1. The van der Waals surface area contributed by atoms with Gasteiger partial charge in [0.2, 0.25) is 5.78 Å². The van der Waals surface area contributed by atoms with Gasteiger partial charge in [-0.1, -0.05) is 72.8 Å². The lowest BCUT2D eigenvalue weighted by Gasteiger charge is -2.11. The van der Waals surface area contributed by atoms with E-state index < -0.39 is 0 Å². The molecule has 2 heterocycles. The van der Waals surface area contributed by atoms with Gasteiger partial charge in [-0.25, -0.2) is 0 Å². The molecule has 5 aromatic rings. The highest BCUT2D eigenvalue weighted by Gasteiger charge is 2.17. The van der Waals surface area contributed by atoms with E-state index in [2.05, 4.69) is 22.3 Å². The molecule has 3 aromatic carbocycles. The Morgan fingerprint density at radius 1 is 0.750 bits per heavy atom. The average Bonchev–Trinajstić information content (AvgIpc) is 3.20. The van der Waals surface area contributed by atoms with E-state index in [4.69, 9.17) is 0 Å². The molecule has 0 atom stereocenters. The summed E-state index contributed by atoms with van der Waals surface area (Å²) in [6, 6.07) is 27.7. The summed E-state index contributed by atoms with van der Waals surface area (Å²) in [5, 5.41) is 9.49. The summed E-state index contributed by atoms with van der Waals surface area (Å²) in [7, 11) is 0. The van der Waals surface area contributed by atoms with Gasteiger partial charge in [-0.3, -0.25) is 13.8 Å². The van der Waals surface area contributed by atoms with Crippen molar-refractivity contribution < 1.29 is 0 Å². The van der Waals surface area contributed by atoms with Crippen LogP contribution in [0.2, 0.25) is 0 Å². The van der Waals surface area contributed by atoms with Crippen molar-refractivity contribution in [3.8, 4) is 11.4 Å². The maximum atomic E-state index is 13.2. The van der Waals surface area contributed by atoms with Crippen molar-refractivity contribution in [2.75, 3.05) is 0 Å². The summed E-state index contributed by atoms with van der Waals surface area (Å²) in [5.74, 6) is 1.30. The fourth-order valence-corrected chi connectivity index (χ4v) is 3.62. The molecule has 5 nitrogen and oxygen atoms in total. The Bertz CT molecular complexity index is 1320. The quantitative estimate of drug-likeness (QED) is 0.484. The molecule has 28 heavy (non-hydrogen) atoms. The van der Waals surface area contributed by atoms with Gasteiger partial charge < -0.3 is 0 Å². The van der Waals surface area contributed by atoms with E-state index in [0.29, 0.717) is 17.7 Å². The van der Waals surface area contributed by atoms with E-state index in [-0.39, 0.29) is 5.56 Å². The second kappa shape index (κ2) is 6.78. The molecular formula is C23H18N4O. The lowest BCUT2D eigenvalue weighted by atomic mass is 10.1. The van der Waals surface area contributed by atoms with Crippen LogP contribution >= 0.6 is 0 Å². The summed E-state index contributed by atoms with van der Waals surface area (Å²) in [5.41, 5.74) is 2.94. The van der Waals surface area contributed by atoms with Gasteiger partial charge in [0.05, 0.1) is 10.9 Å². The number of aryl methyl sites for hydroxylation is 2. The van der Waals surface area contributed by atoms with Crippen LogP contribution in [0.1, 0.15) is 5.56 Å². The van der Waals surface area contributed by atoms with Gasteiger partial charge in [-0.05, 0) is 24.1 Å². The van der Waals surface area contributed by atoms with Crippen molar-refractivity contribution >= 4 is 16.7 Å². The highest BCUT2D eigenvalue weighted by atomic mass is 16.1. The zero-order valence-electron chi connectivity index (χ0n) is 15.2. The number of aromatic nitrogens is 4. The zero-order chi connectivity index (χ0) is 18.9. The molecule has 0 fully saturated rings. The lowest BCUT2D eigenvalue weighted by Crippen LogP contribution is -2.24. The number of hydrogen-bond donors (Lipinski definition) is 0. The second-order valence-corrected chi connectivity index (χ2v) is 6.73. The third-order valence-corrected chi connectivity index (χ3v) is 5.01. The smallest absolute Gasteiger partial charge is 0.262 e. The molecule has 0 aliphatic carbocycles. The fraction of sp³-hybridized carbons (Fsp3) is 0.0870.